The summed E-state index contributed by atoms with van der Waals surface area (Å²) in [4.78, 5) is 32.0. The molecule has 0 bridgehead atoms. The number of nitrogens with zero attached hydrogens (tertiary/aromatic N) is 2. The number of benzene rings is 2. The minimum absolute atomic E-state index is 0.277. The van der Waals surface area contributed by atoms with Gasteiger partial charge in [-0.1, -0.05) is 18.2 Å². The van der Waals surface area contributed by atoms with E-state index < -0.39 is 12.1 Å². The normalized spacial score (nSPS) is 14.3. The molecule has 4 rings (SSSR count). The van der Waals surface area contributed by atoms with Crippen LogP contribution >= 0.6 is 0 Å². The maximum Gasteiger partial charge on any atom is 0.339 e. The fourth-order valence-electron chi connectivity index (χ4n) is 4.53. The summed E-state index contributed by atoms with van der Waals surface area (Å²) in [7, 11) is 7.98. The molecule has 1 amide bonds. The Labute approximate surface area is 210 Å². The van der Waals surface area contributed by atoms with Crippen molar-refractivity contribution < 1.29 is 28.5 Å². The Morgan fingerprint density at radius 3 is 2.28 bits per heavy atom. The van der Waals surface area contributed by atoms with E-state index in [0.717, 1.165) is 22.4 Å². The van der Waals surface area contributed by atoms with E-state index in [9.17, 15) is 9.59 Å². The smallest absolute Gasteiger partial charge is 0.339 e. The topological polar surface area (TPSA) is 87.2 Å². The second-order valence-corrected chi connectivity index (χ2v) is 8.74. The summed E-state index contributed by atoms with van der Waals surface area (Å²) in [5.41, 5.74) is 4.56. The van der Waals surface area contributed by atoms with Gasteiger partial charge < -0.3 is 23.8 Å². The third kappa shape index (κ3) is 4.58. The summed E-state index contributed by atoms with van der Waals surface area (Å²) < 4.78 is 22.0. The number of hydrogen-bond acceptors (Lipinski definition) is 7. The first kappa shape index (κ1) is 25.0. The van der Waals surface area contributed by atoms with Gasteiger partial charge in [-0.3, -0.25) is 4.79 Å². The van der Waals surface area contributed by atoms with Gasteiger partial charge in [0.15, 0.2) is 17.6 Å². The van der Waals surface area contributed by atoms with Gasteiger partial charge in [-0.2, -0.15) is 0 Å². The molecule has 8 heteroatoms. The average Bonchev–Trinajstić information content (AvgIpc) is 3.27. The standard InChI is InChI=1S/C28H30N2O6/c1-16(27(31)30(2)3)36-28(32)24-19-9-7-8-10-21(19)29-25-18(11-12-20(24)25)13-17-14-22(33-4)26(35-6)23(15-17)34-5/h7-10,13-16H,11-12H2,1-6H3/b18-13+. The Kier molecular flexibility index (Phi) is 7.15. The van der Waals surface area contributed by atoms with Crippen molar-refractivity contribution in [2.75, 3.05) is 35.4 Å². The quantitative estimate of drug-likeness (QED) is 0.454. The van der Waals surface area contributed by atoms with Crippen molar-refractivity contribution in [3.8, 4) is 17.2 Å². The van der Waals surface area contributed by atoms with Crippen molar-refractivity contribution in [1.29, 1.82) is 0 Å². The van der Waals surface area contributed by atoms with Gasteiger partial charge in [0, 0.05) is 19.5 Å². The van der Waals surface area contributed by atoms with Crippen molar-refractivity contribution in [3.63, 3.8) is 0 Å². The number of hydrogen-bond donors (Lipinski definition) is 0. The molecule has 0 N–H and O–H groups in total. The van der Waals surface area contributed by atoms with Gasteiger partial charge in [-0.05, 0) is 60.7 Å². The number of allylic oxidation sites excluding steroid dienone is 1. The van der Waals surface area contributed by atoms with E-state index in [4.69, 9.17) is 23.9 Å². The van der Waals surface area contributed by atoms with Crippen molar-refractivity contribution in [2.45, 2.75) is 25.9 Å². The van der Waals surface area contributed by atoms with E-state index in [1.807, 2.05) is 42.5 Å². The molecule has 0 saturated carbocycles. The number of aromatic nitrogens is 1. The van der Waals surface area contributed by atoms with Crippen LogP contribution in [0.4, 0.5) is 0 Å². The number of amides is 1. The lowest BCUT2D eigenvalue weighted by Gasteiger charge is -2.19. The van der Waals surface area contributed by atoms with Gasteiger partial charge in [-0.25, -0.2) is 9.78 Å². The third-order valence-electron chi connectivity index (χ3n) is 6.25. The number of methoxy groups -OCH3 is 3. The maximum atomic E-state index is 13.4. The molecule has 1 unspecified atom stereocenters. The van der Waals surface area contributed by atoms with E-state index in [0.29, 0.717) is 46.6 Å². The van der Waals surface area contributed by atoms with Crippen LogP contribution in [0.5, 0.6) is 17.2 Å². The molecule has 1 aromatic heterocycles. The van der Waals surface area contributed by atoms with Crippen LogP contribution in [0.2, 0.25) is 0 Å². The molecule has 36 heavy (non-hydrogen) atoms. The number of carbonyl (C=O) groups excluding carboxylic acids is 2. The minimum atomic E-state index is -0.897. The molecular formula is C28H30N2O6. The number of pyridine rings is 1. The van der Waals surface area contributed by atoms with E-state index in [2.05, 4.69) is 0 Å². The van der Waals surface area contributed by atoms with Crippen LogP contribution in [-0.2, 0) is 16.0 Å². The highest BCUT2D eigenvalue weighted by Gasteiger charge is 2.30. The summed E-state index contributed by atoms with van der Waals surface area (Å²) in [6.45, 7) is 1.58. The first-order valence-corrected chi connectivity index (χ1v) is 11.6. The molecule has 8 nitrogen and oxygen atoms in total. The third-order valence-corrected chi connectivity index (χ3v) is 6.25. The van der Waals surface area contributed by atoms with Gasteiger partial charge >= 0.3 is 5.97 Å². The van der Waals surface area contributed by atoms with Crippen LogP contribution in [0.3, 0.4) is 0 Å². The van der Waals surface area contributed by atoms with Crippen molar-refractivity contribution in [3.05, 3.63) is 58.8 Å². The Hall–Kier alpha value is -4.07. The van der Waals surface area contributed by atoms with E-state index in [1.54, 1.807) is 42.3 Å². The number of ether oxygens (including phenoxy) is 4. The second-order valence-electron chi connectivity index (χ2n) is 8.74. The van der Waals surface area contributed by atoms with Crippen LogP contribution in [0, 0.1) is 0 Å². The monoisotopic (exact) mass is 490 g/mol. The van der Waals surface area contributed by atoms with Gasteiger partial charge in [0.1, 0.15) is 0 Å². The number of carbonyl (C=O) groups is 2. The lowest BCUT2D eigenvalue weighted by atomic mass is 10.0. The Morgan fingerprint density at radius 1 is 1.00 bits per heavy atom. The zero-order valence-electron chi connectivity index (χ0n) is 21.4. The molecule has 0 radical (unpaired) electrons. The van der Waals surface area contributed by atoms with Gasteiger partial charge in [0.2, 0.25) is 5.75 Å². The molecule has 188 valence electrons. The molecular weight excluding hydrogens is 460 g/mol. The average molecular weight is 491 g/mol. The number of para-hydroxylation sites is 1. The predicted octanol–water partition coefficient (Wildman–Crippen LogP) is 4.38. The van der Waals surface area contributed by atoms with Gasteiger partial charge in [0.05, 0.1) is 38.1 Å². The van der Waals surface area contributed by atoms with Gasteiger partial charge in [0.25, 0.3) is 5.91 Å². The molecule has 0 aliphatic heterocycles. The first-order chi connectivity index (χ1) is 17.3. The van der Waals surface area contributed by atoms with E-state index in [-0.39, 0.29) is 5.91 Å². The molecule has 1 heterocycles. The zero-order valence-corrected chi connectivity index (χ0v) is 21.4. The van der Waals surface area contributed by atoms with Gasteiger partial charge in [-0.15, -0.1) is 0 Å². The van der Waals surface area contributed by atoms with Crippen LogP contribution in [0.1, 0.15) is 40.5 Å². The van der Waals surface area contributed by atoms with E-state index in [1.165, 1.54) is 4.90 Å². The van der Waals surface area contributed by atoms with Crippen LogP contribution < -0.4 is 14.2 Å². The zero-order chi connectivity index (χ0) is 26.0. The fourth-order valence-corrected chi connectivity index (χ4v) is 4.53. The highest BCUT2D eigenvalue weighted by Crippen LogP contribution is 2.41. The Morgan fingerprint density at radius 2 is 1.67 bits per heavy atom. The Balaban J connectivity index is 1.81. The summed E-state index contributed by atoms with van der Waals surface area (Å²) in [6.07, 6.45) is 2.45. The van der Waals surface area contributed by atoms with E-state index >= 15 is 0 Å². The van der Waals surface area contributed by atoms with Crippen molar-refractivity contribution in [1.82, 2.24) is 9.88 Å². The summed E-state index contributed by atoms with van der Waals surface area (Å²) >= 11 is 0. The molecule has 0 saturated heterocycles. The van der Waals surface area contributed by atoms with Crippen LogP contribution in [0.25, 0.3) is 22.6 Å². The molecule has 1 aliphatic rings. The summed E-state index contributed by atoms with van der Waals surface area (Å²) in [5, 5.41) is 0.708. The highest BCUT2D eigenvalue weighted by molar-refractivity contribution is 6.07. The molecule has 1 aliphatic carbocycles. The lowest BCUT2D eigenvalue weighted by Crippen LogP contribution is -2.35. The predicted molar refractivity (Wildman–Crippen MR) is 138 cm³/mol. The van der Waals surface area contributed by atoms with Crippen LogP contribution in [-0.4, -0.2) is 63.3 Å². The number of esters is 1. The SMILES string of the molecule is COc1cc(/C=C2\CCc3c2nc2ccccc2c3C(=O)OC(C)C(=O)N(C)C)cc(OC)c1OC. The summed E-state index contributed by atoms with van der Waals surface area (Å²) in [5.74, 6) is 0.821. The number of likely N-dealkylation sites (N-methyl/N-ethyl adjacent to an activating group) is 1. The highest BCUT2D eigenvalue weighted by atomic mass is 16.5. The second kappa shape index (κ2) is 10.3. The lowest BCUT2D eigenvalue weighted by molar-refractivity contribution is -0.137. The van der Waals surface area contributed by atoms with Crippen LogP contribution in [0.15, 0.2) is 36.4 Å². The van der Waals surface area contributed by atoms with Crippen molar-refractivity contribution in [2.24, 2.45) is 0 Å². The number of rotatable bonds is 7. The van der Waals surface area contributed by atoms with Crippen molar-refractivity contribution >= 4 is 34.4 Å². The first-order valence-electron chi connectivity index (χ1n) is 11.6. The Bertz CT molecular complexity index is 1340. The maximum absolute atomic E-state index is 13.4. The largest absolute Gasteiger partial charge is 0.493 e. The fraction of sp³-hybridized carbons (Fsp3) is 0.321. The molecule has 2 aromatic carbocycles. The molecule has 1 atom stereocenters. The molecule has 0 fully saturated rings. The molecule has 3 aromatic rings. The summed E-state index contributed by atoms with van der Waals surface area (Å²) in [6, 6.07) is 11.2. The molecule has 0 spiro atoms. The minimum Gasteiger partial charge on any atom is -0.493 e. The number of fused-ring (bicyclic) bond motifs is 2.